The molecule has 2 nitrogen and oxygen atoms in total. The zero-order valence-electron chi connectivity index (χ0n) is 17.8. The van der Waals surface area contributed by atoms with Crippen molar-refractivity contribution in [2.24, 2.45) is 0 Å². The largest absolute Gasteiger partial charge is 0.493 e. The average molecular weight is 363 g/mol. The summed E-state index contributed by atoms with van der Waals surface area (Å²) in [5.74, 6) is 1.90. The lowest BCUT2D eigenvalue weighted by Crippen LogP contribution is -2.11. The van der Waals surface area contributed by atoms with Gasteiger partial charge >= 0.3 is 0 Å². The number of rotatable bonds is 16. The fourth-order valence-corrected chi connectivity index (χ4v) is 3.26. The molecule has 0 radical (unpaired) electrons. The predicted molar refractivity (Wildman–Crippen MR) is 114 cm³/mol. The molecule has 2 heteroatoms. The highest BCUT2D eigenvalue weighted by molar-refractivity contribution is 5.37. The van der Waals surface area contributed by atoms with Crippen LogP contribution in [0.2, 0.25) is 0 Å². The molecule has 1 rings (SSSR count). The highest BCUT2D eigenvalue weighted by atomic mass is 16.5. The van der Waals surface area contributed by atoms with E-state index in [1.807, 2.05) is 0 Å². The van der Waals surface area contributed by atoms with Crippen molar-refractivity contribution in [3.05, 3.63) is 23.8 Å². The molecule has 0 bridgehead atoms. The highest BCUT2D eigenvalue weighted by Gasteiger charge is 2.07. The van der Waals surface area contributed by atoms with E-state index in [-0.39, 0.29) is 6.10 Å². The van der Waals surface area contributed by atoms with Crippen molar-refractivity contribution in [2.75, 3.05) is 6.61 Å². The number of hydrogen-bond acceptors (Lipinski definition) is 2. The molecule has 0 amide bonds. The van der Waals surface area contributed by atoms with E-state index in [0.717, 1.165) is 30.9 Å². The van der Waals surface area contributed by atoms with Crippen LogP contribution in [0.15, 0.2) is 18.2 Å². The van der Waals surface area contributed by atoms with Crippen molar-refractivity contribution in [2.45, 2.75) is 111 Å². The van der Waals surface area contributed by atoms with E-state index < -0.39 is 0 Å². The Labute approximate surface area is 162 Å². The molecule has 0 aliphatic heterocycles. The van der Waals surface area contributed by atoms with Crippen LogP contribution in [0.1, 0.15) is 103 Å². The number of ether oxygens (including phenoxy) is 2. The summed E-state index contributed by atoms with van der Waals surface area (Å²) in [4.78, 5) is 0. The topological polar surface area (TPSA) is 18.5 Å². The van der Waals surface area contributed by atoms with Gasteiger partial charge in [-0.15, -0.1) is 0 Å². The molecule has 0 fully saturated rings. The fourth-order valence-electron chi connectivity index (χ4n) is 3.26. The number of aryl methyl sites for hydroxylation is 1. The molecule has 26 heavy (non-hydrogen) atoms. The van der Waals surface area contributed by atoms with E-state index in [4.69, 9.17) is 9.47 Å². The van der Waals surface area contributed by atoms with Gasteiger partial charge in [-0.1, -0.05) is 71.6 Å². The Hall–Kier alpha value is -1.18. The van der Waals surface area contributed by atoms with Crippen LogP contribution < -0.4 is 9.47 Å². The predicted octanol–water partition coefficient (Wildman–Crippen LogP) is 7.86. The first-order valence-electron chi connectivity index (χ1n) is 11.1. The van der Waals surface area contributed by atoms with Gasteiger partial charge in [0.05, 0.1) is 12.7 Å². The van der Waals surface area contributed by atoms with E-state index in [1.54, 1.807) is 0 Å². The van der Waals surface area contributed by atoms with Gasteiger partial charge in [0, 0.05) is 6.07 Å². The Morgan fingerprint density at radius 3 is 2.00 bits per heavy atom. The lowest BCUT2D eigenvalue weighted by molar-refractivity contribution is 0.204. The Morgan fingerprint density at radius 2 is 1.31 bits per heavy atom. The van der Waals surface area contributed by atoms with Crippen molar-refractivity contribution < 1.29 is 9.47 Å². The first kappa shape index (κ1) is 22.9. The van der Waals surface area contributed by atoms with Gasteiger partial charge in [0.2, 0.25) is 0 Å². The summed E-state index contributed by atoms with van der Waals surface area (Å²) in [5.41, 5.74) is 1.20. The molecule has 150 valence electrons. The summed E-state index contributed by atoms with van der Waals surface area (Å²) in [5, 5.41) is 0. The smallest absolute Gasteiger partial charge is 0.123 e. The van der Waals surface area contributed by atoms with Crippen LogP contribution >= 0.6 is 0 Å². The Morgan fingerprint density at radius 1 is 0.731 bits per heavy atom. The van der Waals surface area contributed by atoms with Crippen molar-refractivity contribution in [3.8, 4) is 11.5 Å². The zero-order valence-corrected chi connectivity index (χ0v) is 17.8. The monoisotopic (exact) mass is 362 g/mol. The molecule has 0 aromatic heterocycles. The van der Waals surface area contributed by atoms with E-state index in [9.17, 15) is 0 Å². The van der Waals surface area contributed by atoms with Crippen LogP contribution in [0.5, 0.6) is 11.5 Å². The molecule has 0 aliphatic carbocycles. The van der Waals surface area contributed by atoms with Crippen LogP contribution in [-0.2, 0) is 0 Å². The maximum atomic E-state index is 6.13. The highest BCUT2D eigenvalue weighted by Crippen LogP contribution is 2.24. The quantitative estimate of drug-likeness (QED) is 0.279. The van der Waals surface area contributed by atoms with Crippen LogP contribution in [0.3, 0.4) is 0 Å². The zero-order chi connectivity index (χ0) is 19.0. The third-order valence-electron chi connectivity index (χ3n) is 4.84. The summed E-state index contributed by atoms with van der Waals surface area (Å²) in [6, 6.07) is 6.28. The van der Waals surface area contributed by atoms with Gasteiger partial charge in [-0.25, -0.2) is 0 Å². The van der Waals surface area contributed by atoms with Gasteiger partial charge in [-0.05, 0) is 50.8 Å². The molecule has 0 spiro atoms. The van der Waals surface area contributed by atoms with Crippen molar-refractivity contribution in [1.82, 2.24) is 0 Å². The summed E-state index contributed by atoms with van der Waals surface area (Å²) in [7, 11) is 0. The average Bonchev–Trinajstić information content (AvgIpc) is 2.60. The second-order valence-corrected chi connectivity index (χ2v) is 7.73. The summed E-state index contributed by atoms with van der Waals surface area (Å²) in [6.45, 7) is 9.62. The van der Waals surface area contributed by atoms with Crippen molar-refractivity contribution in [1.29, 1.82) is 0 Å². The Kier molecular flexibility index (Phi) is 13.1. The summed E-state index contributed by atoms with van der Waals surface area (Å²) in [6.07, 6.45) is 15.7. The molecule has 1 atom stereocenters. The van der Waals surface area contributed by atoms with Gasteiger partial charge in [-0.3, -0.25) is 0 Å². The minimum Gasteiger partial charge on any atom is -0.493 e. The number of unbranched alkanes of at least 4 members (excludes halogenated alkanes) is 9. The fraction of sp³-hybridized carbons (Fsp3) is 0.750. The minimum absolute atomic E-state index is 0.268. The lowest BCUT2D eigenvalue weighted by Gasteiger charge is -2.16. The molecular formula is C24H42O2. The molecule has 0 saturated carbocycles. The van der Waals surface area contributed by atoms with Gasteiger partial charge < -0.3 is 9.47 Å². The SMILES string of the molecule is CCCCCCCCOc1cc(C)cc(OC(C)CCCCCCC)c1. The molecule has 1 aromatic rings. The van der Waals surface area contributed by atoms with Crippen molar-refractivity contribution >= 4 is 0 Å². The minimum atomic E-state index is 0.268. The number of hydrogen-bond donors (Lipinski definition) is 0. The van der Waals surface area contributed by atoms with E-state index in [0.29, 0.717) is 0 Å². The maximum Gasteiger partial charge on any atom is 0.123 e. The second kappa shape index (κ2) is 14.9. The van der Waals surface area contributed by atoms with Crippen LogP contribution in [0, 0.1) is 6.92 Å². The molecule has 1 aromatic carbocycles. The molecule has 0 saturated heterocycles. The normalized spacial score (nSPS) is 12.2. The first-order valence-corrected chi connectivity index (χ1v) is 11.1. The summed E-state index contributed by atoms with van der Waals surface area (Å²) >= 11 is 0. The third kappa shape index (κ3) is 11.4. The second-order valence-electron chi connectivity index (χ2n) is 7.73. The summed E-state index contributed by atoms with van der Waals surface area (Å²) < 4.78 is 12.1. The van der Waals surface area contributed by atoms with E-state index in [2.05, 4.69) is 45.9 Å². The molecule has 1 unspecified atom stereocenters. The van der Waals surface area contributed by atoms with E-state index >= 15 is 0 Å². The first-order chi connectivity index (χ1) is 12.7. The number of benzene rings is 1. The third-order valence-corrected chi connectivity index (χ3v) is 4.84. The molecule has 0 aliphatic rings. The molecule has 0 heterocycles. The van der Waals surface area contributed by atoms with Crippen LogP contribution in [0.25, 0.3) is 0 Å². The van der Waals surface area contributed by atoms with Crippen LogP contribution in [-0.4, -0.2) is 12.7 Å². The van der Waals surface area contributed by atoms with Crippen molar-refractivity contribution in [3.63, 3.8) is 0 Å². The Balaban J connectivity index is 2.29. The Bertz CT molecular complexity index is 456. The van der Waals surface area contributed by atoms with Gasteiger partial charge in [-0.2, -0.15) is 0 Å². The standard InChI is InChI=1S/C24H42O2/c1-5-7-9-11-13-15-17-25-23-18-21(3)19-24(20-23)26-22(4)16-14-12-10-8-6-2/h18-20,22H,5-17H2,1-4H3. The van der Waals surface area contributed by atoms with E-state index in [1.165, 1.54) is 69.8 Å². The van der Waals surface area contributed by atoms with Gasteiger partial charge in [0.1, 0.15) is 11.5 Å². The lowest BCUT2D eigenvalue weighted by atomic mass is 10.1. The van der Waals surface area contributed by atoms with Gasteiger partial charge in [0.25, 0.3) is 0 Å². The maximum absolute atomic E-state index is 6.13. The molecular weight excluding hydrogens is 320 g/mol. The van der Waals surface area contributed by atoms with Crippen LogP contribution in [0.4, 0.5) is 0 Å². The molecule has 0 N–H and O–H groups in total. The van der Waals surface area contributed by atoms with Gasteiger partial charge in [0.15, 0.2) is 0 Å².